The van der Waals surface area contributed by atoms with Gasteiger partial charge in [-0.2, -0.15) is 0 Å². The van der Waals surface area contributed by atoms with Gasteiger partial charge in [0.2, 0.25) is 0 Å². The van der Waals surface area contributed by atoms with E-state index in [2.05, 4.69) is 16.0 Å². The highest BCUT2D eigenvalue weighted by Crippen LogP contribution is 2.19. The quantitative estimate of drug-likeness (QED) is 0.625. The number of esters is 1. The third-order valence-corrected chi connectivity index (χ3v) is 4.72. The van der Waals surface area contributed by atoms with Crippen LogP contribution in [0.1, 0.15) is 53.5 Å². The molecule has 1 saturated carbocycles. The monoisotopic (exact) mass is 413 g/mol. The third-order valence-electron chi connectivity index (χ3n) is 4.72. The van der Waals surface area contributed by atoms with Crippen molar-refractivity contribution < 1.29 is 28.3 Å². The first-order valence-corrected chi connectivity index (χ1v) is 9.70. The number of para-hydroxylation sites is 1. The Kier molecular flexibility index (Phi) is 6.84. The molecule has 1 aromatic heterocycles. The van der Waals surface area contributed by atoms with Gasteiger partial charge in [-0.25, -0.2) is 9.59 Å². The lowest BCUT2D eigenvalue weighted by Crippen LogP contribution is -2.47. The molecule has 0 bridgehead atoms. The number of carbonyl (C=O) groups excluding carboxylic acids is 4. The zero-order chi connectivity index (χ0) is 21.5. The molecule has 1 aromatic carbocycles. The van der Waals surface area contributed by atoms with E-state index in [4.69, 9.17) is 9.15 Å². The highest BCUT2D eigenvalue weighted by molar-refractivity contribution is 6.07. The Labute approximate surface area is 173 Å². The van der Waals surface area contributed by atoms with Crippen molar-refractivity contribution in [3.8, 4) is 0 Å². The summed E-state index contributed by atoms with van der Waals surface area (Å²) in [7, 11) is 0. The summed E-state index contributed by atoms with van der Waals surface area (Å²) < 4.78 is 10.2. The molecule has 0 spiro atoms. The van der Waals surface area contributed by atoms with Crippen LogP contribution in [0.4, 0.5) is 10.5 Å². The van der Waals surface area contributed by atoms with Gasteiger partial charge in [-0.05, 0) is 44.0 Å². The molecule has 30 heavy (non-hydrogen) atoms. The fourth-order valence-corrected chi connectivity index (χ4v) is 3.14. The molecule has 1 fully saturated rings. The van der Waals surface area contributed by atoms with Crippen molar-refractivity contribution in [3.05, 3.63) is 54.0 Å². The number of hydrogen-bond donors (Lipinski definition) is 3. The predicted octanol–water partition coefficient (Wildman–Crippen LogP) is 2.85. The van der Waals surface area contributed by atoms with Crippen LogP contribution in [0.15, 0.2) is 47.1 Å². The van der Waals surface area contributed by atoms with Crippen LogP contribution in [0.2, 0.25) is 0 Å². The zero-order valence-electron chi connectivity index (χ0n) is 16.5. The smallest absolute Gasteiger partial charge is 0.341 e. The number of anilines is 1. The number of hydrogen-bond acceptors (Lipinski definition) is 6. The Morgan fingerprint density at radius 1 is 1.07 bits per heavy atom. The van der Waals surface area contributed by atoms with Crippen molar-refractivity contribution in [2.24, 2.45) is 0 Å². The Balaban J connectivity index is 1.57. The average Bonchev–Trinajstić information content (AvgIpc) is 3.42. The van der Waals surface area contributed by atoms with Gasteiger partial charge in [0, 0.05) is 6.04 Å². The molecular weight excluding hydrogens is 390 g/mol. The van der Waals surface area contributed by atoms with E-state index in [0.717, 1.165) is 25.7 Å². The number of nitrogens with one attached hydrogen (secondary N) is 3. The molecule has 3 rings (SSSR count). The Hall–Kier alpha value is -3.62. The van der Waals surface area contributed by atoms with Crippen LogP contribution >= 0.6 is 0 Å². The number of rotatable bonds is 6. The van der Waals surface area contributed by atoms with Crippen LogP contribution in [0.25, 0.3) is 0 Å². The van der Waals surface area contributed by atoms with E-state index in [-0.39, 0.29) is 23.1 Å². The van der Waals surface area contributed by atoms with Crippen molar-refractivity contribution in [1.29, 1.82) is 0 Å². The lowest BCUT2D eigenvalue weighted by molar-refractivity contribution is -0.127. The van der Waals surface area contributed by atoms with Crippen LogP contribution in [0.3, 0.4) is 0 Å². The molecule has 2 aromatic rings. The first-order valence-electron chi connectivity index (χ1n) is 9.70. The molecule has 158 valence electrons. The maximum Gasteiger partial charge on any atom is 0.341 e. The van der Waals surface area contributed by atoms with Crippen LogP contribution in [0, 0.1) is 0 Å². The topological polar surface area (TPSA) is 127 Å². The Morgan fingerprint density at radius 2 is 1.80 bits per heavy atom. The van der Waals surface area contributed by atoms with E-state index in [0.29, 0.717) is 0 Å². The summed E-state index contributed by atoms with van der Waals surface area (Å²) in [6.45, 7) is 1.36. The standard InChI is InChI=1S/C21H23N3O6/c1-13(18(25)24-21(28)22-14-7-2-3-8-14)30-20(27)15-9-4-5-10-16(15)23-19(26)17-11-6-12-29-17/h4-6,9-14H,2-3,7-8H2,1H3,(H,23,26)(H2,22,24,25,28)/t13-/m1/s1. The second kappa shape index (κ2) is 9.73. The molecule has 1 aliphatic carbocycles. The lowest BCUT2D eigenvalue weighted by atomic mass is 10.1. The molecule has 1 aliphatic rings. The van der Waals surface area contributed by atoms with Crippen molar-refractivity contribution in [2.75, 3.05) is 5.32 Å². The summed E-state index contributed by atoms with van der Waals surface area (Å²) in [4.78, 5) is 48.8. The van der Waals surface area contributed by atoms with Crippen molar-refractivity contribution in [1.82, 2.24) is 10.6 Å². The summed E-state index contributed by atoms with van der Waals surface area (Å²) in [5, 5.41) is 7.48. The van der Waals surface area contributed by atoms with Gasteiger partial charge >= 0.3 is 12.0 Å². The van der Waals surface area contributed by atoms with Gasteiger partial charge in [-0.15, -0.1) is 0 Å². The summed E-state index contributed by atoms with van der Waals surface area (Å²) in [6.07, 6.45) is 4.00. The third kappa shape index (κ3) is 5.47. The van der Waals surface area contributed by atoms with E-state index in [1.165, 1.54) is 31.4 Å². The highest BCUT2D eigenvalue weighted by atomic mass is 16.5. The molecule has 1 heterocycles. The minimum Gasteiger partial charge on any atom is -0.459 e. The van der Waals surface area contributed by atoms with Crippen LogP contribution in [0.5, 0.6) is 0 Å². The van der Waals surface area contributed by atoms with Gasteiger partial charge in [0.25, 0.3) is 11.8 Å². The van der Waals surface area contributed by atoms with Gasteiger partial charge in [-0.3, -0.25) is 14.9 Å². The minimum absolute atomic E-state index is 0.0558. The van der Waals surface area contributed by atoms with E-state index in [1.807, 2.05) is 0 Å². The number of ether oxygens (including phenoxy) is 1. The molecule has 9 heteroatoms. The van der Waals surface area contributed by atoms with E-state index >= 15 is 0 Å². The van der Waals surface area contributed by atoms with Gasteiger partial charge in [-0.1, -0.05) is 25.0 Å². The summed E-state index contributed by atoms with van der Waals surface area (Å²) >= 11 is 0. The minimum atomic E-state index is -1.21. The van der Waals surface area contributed by atoms with E-state index < -0.39 is 29.9 Å². The SMILES string of the molecule is C[C@@H](OC(=O)c1ccccc1NC(=O)c1ccco1)C(=O)NC(=O)NC1CCCC1. The molecule has 1 atom stereocenters. The first kappa shape index (κ1) is 21.1. The Bertz CT molecular complexity index is 919. The van der Waals surface area contributed by atoms with Gasteiger partial charge in [0.1, 0.15) is 0 Å². The number of urea groups is 1. The van der Waals surface area contributed by atoms with Crippen molar-refractivity contribution in [3.63, 3.8) is 0 Å². The fourth-order valence-electron chi connectivity index (χ4n) is 3.14. The largest absolute Gasteiger partial charge is 0.459 e. The normalized spacial score (nSPS) is 14.6. The van der Waals surface area contributed by atoms with Gasteiger partial charge < -0.3 is 19.8 Å². The van der Waals surface area contributed by atoms with E-state index in [1.54, 1.807) is 18.2 Å². The summed E-state index contributed by atoms with van der Waals surface area (Å²) in [5.41, 5.74) is 0.267. The van der Waals surface area contributed by atoms with Gasteiger partial charge in [0.15, 0.2) is 11.9 Å². The maximum atomic E-state index is 12.5. The van der Waals surface area contributed by atoms with Crippen LogP contribution < -0.4 is 16.0 Å². The second-order valence-corrected chi connectivity index (χ2v) is 6.97. The Morgan fingerprint density at radius 3 is 2.50 bits per heavy atom. The lowest BCUT2D eigenvalue weighted by Gasteiger charge is -2.16. The predicted molar refractivity (Wildman–Crippen MR) is 107 cm³/mol. The van der Waals surface area contributed by atoms with Crippen molar-refractivity contribution >= 4 is 29.5 Å². The first-order chi connectivity index (χ1) is 14.4. The summed E-state index contributed by atoms with van der Waals surface area (Å²) in [5.74, 6) is -2.01. The molecule has 0 radical (unpaired) electrons. The van der Waals surface area contributed by atoms with E-state index in [9.17, 15) is 19.2 Å². The number of furan rings is 1. The average molecular weight is 413 g/mol. The zero-order valence-corrected chi connectivity index (χ0v) is 16.5. The maximum absolute atomic E-state index is 12.5. The second-order valence-electron chi connectivity index (χ2n) is 6.97. The molecule has 3 N–H and O–H groups in total. The van der Waals surface area contributed by atoms with Crippen molar-refractivity contribution in [2.45, 2.75) is 44.8 Å². The number of benzene rings is 1. The molecular formula is C21H23N3O6. The molecule has 0 aliphatic heterocycles. The van der Waals surface area contributed by atoms with Crippen LogP contribution in [-0.2, 0) is 9.53 Å². The van der Waals surface area contributed by atoms with Gasteiger partial charge in [0.05, 0.1) is 17.5 Å². The molecule has 4 amide bonds. The number of carbonyl (C=O) groups is 4. The number of imide groups is 1. The molecule has 0 unspecified atom stereocenters. The summed E-state index contributed by atoms with van der Waals surface area (Å²) in [6, 6.07) is 8.71. The number of amides is 4. The van der Waals surface area contributed by atoms with Crippen LogP contribution in [-0.4, -0.2) is 36.0 Å². The molecule has 0 saturated heterocycles. The molecule has 9 nitrogen and oxygen atoms in total. The highest BCUT2D eigenvalue weighted by Gasteiger charge is 2.24. The fraction of sp³-hybridized carbons (Fsp3) is 0.333.